The maximum Gasteiger partial charge on any atom is 0.269 e. The van der Waals surface area contributed by atoms with E-state index in [0.717, 1.165) is 16.4 Å². The van der Waals surface area contributed by atoms with Crippen molar-refractivity contribution in [2.45, 2.75) is 4.90 Å². The van der Waals surface area contributed by atoms with Crippen molar-refractivity contribution < 1.29 is 27.7 Å². The van der Waals surface area contributed by atoms with Crippen LogP contribution >= 0.6 is 0 Å². The van der Waals surface area contributed by atoms with Crippen LogP contribution in [0.2, 0.25) is 0 Å². The fraction of sp³-hybridized carbons (Fsp3) is 0.200. The maximum absolute atomic E-state index is 13.5. The lowest BCUT2D eigenvalue weighted by atomic mass is 10.1. The van der Waals surface area contributed by atoms with Crippen LogP contribution in [-0.4, -0.2) is 62.9 Å². The minimum atomic E-state index is -4.20. The van der Waals surface area contributed by atoms with Crippen LogP contribution in [0.4, 0.5) is 17.1 Å². The van der Waals surface area contributed by atoms with Crippen molar-refractivity contribution in [1.29, 1.82) is 0 Å². The molecule has 0 atom stereocenters. The van der Waals surface area contributed by atoms with Gasteiger partial charge in [0.15, 0.2) is 0 Å². The number of nitrogens with zero attached hydrogens (tertiary/aromatic N) is 3. The predicted octanol–water partition coefficient (Wildman–Crippen LogP) is 2.90. The second-order valence-corrected chi connectivity index (χ2v) is 9.96. The summed E-state index contributed by atoms with van der Waals surface area (Å²) < 4.78 is 33.1. The van der Waals surface area contributed by atoms with Crippen molar-refractivity contribution in [2.24, 2.45) is 0 Å². The summed E-state index contributed by atoms with van der Waals surface area (Å²) in [7, 11) is -4.20. The molecule has 2 amide bonds. The molecule has 1 aliphatic heterocycles. The third-order valence-electron chi connectivity index (χ3n) is 5.70. The van der Waals surface area contributed by atoms with Crippen molar-refractivity contribution in [3.63, 3.8) is 0 Å². The number of ether oxygens (including phenoxy) is 1. The topological polar surface area (TPSA) is 139 Å². The number of sulfonamides is 1. The Morgan fingerprint density at radius 2 is 1.57 bits per heavy atom. The molecule has 0 saturated carbocycles. The molecule has 192 valence electrons. The molecular weight excluding hydrogens is 500 g/mol. The Labute approximate surface area is 213 Å². The Morgan fingerprint density at radius 1 is 0.946 bits per heavy atom. The van der Waals surface area contributed by atoms with Gasteiger partial charge in [-0.25, -0.2) is 8.42 Å². The van der Waals surface area contributed by atoms with E-state index in [1.165, 1.54) is 24.3 Å². The number of nitro benzene ring substituents is 1. The van der Waals surface area contributed by atoms with Crippen LogP contribution in [0.3, 0.4) is 0 Å². The third-order valence-corrected chi connectivity index (χ3v) is 7.48. The average Bonchev–Trinajstić information content (AvgIpc) is 2.92. The van der Waals surface area contributed by atoms with Crippen molar-refractivity contribution in [3.05, 3.63) is 94.5 Å². The Morgan fingerprint density at radius 3 is 2.22 bits per heavy atom. The van der Waals surface area contributed by atoms with Gasteiger partial charge in [0.25, 0.3) is 21.6 Å². The van der Waals surface area contributed by atoms with Gasteiger partial charge in [-0.3, -0.25) is 24.0 Å². The number of morpholine rings is 1. The number of nitrogens with one attached hydrogen (secondary N) is 1. The molecule has 1 saturated heterocycles. The minimum absolute atomic E-state index is 0.0518. The number of non-ortho nitro benzene ring substituents is 1. The Bertz CT molecular complexity index is 1390. The van der Waals surface area contributed by atoms with E-state index in [0.29, 0.717) is 26.3 Å². The van der Waals surface area contributed by atoms with Crippen LogP contribution < -0.4 is 9.62 Å². The van der Waals surface area contributed by atoms with E-state index in [9.17, 15) is 28.1 Å². The number of rotatable bonds is 8. The zero-order valence-corrected chi connectivity index (χ0v) is 20.5. The first-order valence-electron chi connectivity index (χ1n) is 11.4. The largest absolute Gasteiger partial charge is 0.378 e. The van der Waals surface area contributed by atoms with Gasteiger partial charge >= 0.3 is 0 Å². The molecule has 11 nitrogen and oxygen atoms in total. The number of hydrogen-bond donors (Lipinski definition) is 1. The normalized spacial score (nSPS) is 13.6. The number of amides is 2. The fourth-order valence-corrected chi connectivity index (χ4v) is 5.25. The van der Waals surface area contributed by atoms with Gasteiger partial charge in [0.2, 0.25) is 5.91 Å². The molecule has 4 rings (SSSR count). The lowest BCUT2D eigenvalue weighted by Crippen LogP contribution is -2.41. The van der Waals surface area contributed by atoms with Crippen molar-refractivity contribution in [2.75, 3.05) is 42.5 Å². The summed E-state index contributed by atoms with van der Waals surface area (Å²) in [5, 5.41) is 13.7. The van der Waals surface area contributed by atoms with Crippen LogP contribution in [0.15, 0.2) is 83.8 Å². The number of hydrogen-bond acceptors (Lipinski definition) is 7. The molecule has 3 aromatic rings. The van der Waals surface area contributed by atoms with Crippen LogP contribution in [0.25, 0.3) is 0 Å². The quantitative estimate of drug-likeness (QED) is 0.353. The highest BCUT2D eigenvalue weighted by molar-refractivity contribution is 7.92. The SMILES string of the molecule is O=C(CN(c1ccc([N+](=O)[O-])cc1)S(=O)(=O)c1ccccc1)Nc1ccccc1C(=O)N1CCOCC1. The molecule has 0 aromatic heterocycles. The molecule has 0 unspecified atom stereocenters. The fourth-order valence-electron chi connectivity index (χ4n) is 3.81. The molecule has 1 fully saturated rings. The molecule has 1 aliphatic rings. The van der Waals surface area contributed by atoms with E-state index >= 15 is 0 Å². The van der Waals surface area contributed by atoms with Gasteiger partial charge in [-0.1, -0.05) is 30.3 Å². The average molecular weight is 525 g/mol. The molecule has 37 heavy (non-hydrogen) atoms. The minimum Gasteiger partial charge on any atom is -0.378 e. The molecule has 0 spiro atoms. The zero-order valence-electron chi connectivity index (χ0n) is 19.6. The standard InChI is InChI=1S/C25H24N4O7S/c30-24(26-23-9-5-4-8-22(23)25(31)27-14-16-36-17-15-27)18-28(19-10-12-20(13-11-19)29(32)33)37(34,35)21-6-2-1-3-7-21/h1-13H,14-18H2,(H,26,30). The summed E-state index contributed by atoms with van der Waals surface area (Å²) in [6.45, 7) is 1.05. The van der Waals surface area contributed by atoms with Gasteiger partial charge in [0.05, 0.1) is 40.0 Å². The summed E-state index contributed by atoms with van der Waals surface area (Å²) in [5.74, 6) is -0.969. The van der Waals surface area contributed by atoms with Crippen LogP contribution in [0.1, 0.15) is 10.4 Å². The molecule has 1 N–H and O–H groups in total. The van der Waals surface area contributed by atoms with Gasteiger partial charge in [-0.05, 0) is 36.4 Å². The molecule has 0 aliphatic carbocycles. The maximum atomic E-state index is 13.5. The molecular formula is C25H24N4O7S. The third kappa shape index (κ3) is 5.93. The Kier molecular flexibility index (Phi) is 7.80. The smallest absolute Gasteiger partial charge is 0.269 e. The van der Waals surface area contributed by atoms with Gasteiger partial charge < -0.3 is 15.0 Å². The first-order valence-corrected chi connectivity index (χ1v) is 12.8. The predicted molar refractivity (Wildman–Crippen MR) is 136 cm³/mol. The van der Waals surface area contributed by atoms with E-state index in [4.69, 9.17) is 4.74 Å². The molecule has 12 heteroatoms. The molecule has 3 aromatic carbocycles. The second-order valence-electron chi connectivity index (χ2n) is 8.10. The summed E-state index contributed by atoms with van der Waals surface area (Å²) in [6, 6.07) is 18.9. The second kappa shape index (κ2) is 11.2. The number of carbonyl (C=O) groups excluding carboxylic acids is 2. The monoisotopic (exact) mass is 524 g/mol. The van der Waals surface area contributed by atoms with Gasteiger partial charge in [-0.2, -0.15) is 0 Å². The van der Waals surface area contributed by atoms with E-state index in [1.54, 1.807) is 47.4 Å². The summed E-state index contributed by atoms with van der Waals surface area (Å²) in [4.78, 5) is 38.2. The van der Waals surface area contributed by atoms with Crippen LogP contribution in [0, 0.1) is 10.1 Å². The molecule has 1 heterocycles. The van der Waals surface area contributed by atoms with Gasteiger partial charge in [-0.15, -0.1) is 0 Å². The number of carbonyl (C=O) groups is 2. The first kappa shape index (κ1) is 25.8. The van der Waals surface area contributed by atoms with E-state index < -0.39 is 27.4 Å². The highest BCUT2D eigenvalue weighted by atomic mass is 32.2. The van der Waals surface area contributed by atoms with Crippen LogP contribution in [-0.2, 0) is 19.6 Å². The Balaban J connectivity index is 1.62. The first-order chi connectivity index (χ1) is 17.8. The summed E-state index contributed by atoms with van der Waals surface area (Å²) in [6.07, 6.45) is 0. The number of benzene rings is 3. The number of para-hydroxylation sites is 1. The van der Waals surface area contributed by atoms with Crippen molar-refractivity contribution >= 4 is 38.9 Å². The lowest BCUT2D eigenvalue weighted by molar-refractivity contribution is -0.384. The molecule has 0 radical (unpaired) electrons. The van der Waals surface area contributed by atoms with Crippen molar-refractivity contribution in [1.82, 2.24) is 4.90 Å². The summed E-state index contributed by atoms with van der Waals surface area (Å²) in [5.41, 5.74) is 0.360. The lowest BCUT2D eigenvalue weighted by Gasteiger charge is -2.28. The number of anilines is 2. The highest BCUT2D eigenvalue weighted by Crippen LogP contribution is 2.26. The zero-order chi connectivity index (χ0) is 26.4. The van der Waals surface area contributed by atoms with Gasteiger partial charge in [0.1, 0.15) is 6.54 Å². The van der Waals surface area contributed by atoms with E-state index in [2.05, 4.69) is 5.32 Å². The van der Waals surface area contributed by atoms with E-state index in [-0.39, 0.29) is 33.4 Å². The van der Waals surface area contributed by atoms with E-state index in [1.807, 2.05) is 0 Å². The number of nitro groups is 1. The highest BCUT2D eigenvalue weighted by Gasteiger charge is 2.28. The molecule has 0 bridgehead atoms. The van der Waals surface area contributed by atoms with Gasteiger partial charge in [0, 0.05) is 25.2 Å². The van der Waals surface area contributed by atoms with Crippen LogP contribution in [0.5, 0.6) is 0 Å². The summed E-state index contributed by atoms with van der Waals surface area (Å²) >= 11 is 0. The van der Waals surface area contributed by atoms with Crippen molar-refractivity contribution in [3.8, 4) is 0 Å². The Hall–Kier alpha value is -4.29.